The Balaban J connectivity index is 5.00. The lowest BCUT2D eigenvalue weighted by Gasteiger charge is -2.27. The minimum absolute atomic E-state index is 0.0394. The number of likely N-dealkylation sites (N-methyl/N-ethyl adjacent to an activating group) is 1. The molecule has 2 N–H and O–H groups in total. The number of phosphoric ester groups is 1. The number of phosphoric acid groups is 1. The Morgan fingerprint density at radius 1 is 0.393 bits per heavy atom. The Kier molecular flexibility index (Phi) is 66.4. The van der Waals surface area contributed by atoms with Crippen molar-refractivity contribution < 1.29 is 37.3 Å². The second-order valence-corrected chi connectivity index (χ2v) is 28.6. The number of ether oxygens (including phenoxy) is 1. The monoisotopic (exact) mass is 1270 g/mol. The summed E-state index contributed by atoms with van der Waals surface area (Å²) >= 11 is 0. The van der Waals surface area contributed by atoms with Gasteiger partial charge in [-0.05, 0) is 102 Å². The number of carbonyl (C=O) groups is 2. The summed E-state index contributed by atoms with van der Waals surface area (Å²) in [5.41, 5.74) is 0. The smallest absolute Gasteiger partial charge is 0.456 e. The van der Waals surface area contributed by atoms with Gasteiger partial charge in [0, 0.05) is 12.8 Å². The second-order valence-electron chi connectivity index (χ2n) is 27.2. The first-order valence-electron chi connectivity index (χ1n) is 38.3. The molecule has 10 heteroatoms. The van der Waals surface area contributed by atoms with Gasteiger partial charge in [-0.3, -0.25) is 18.6 Å². The van der Waals surface area contributed by atoms with E-state index in [9.17, 15) is 19.0 Å². The number of nitrogens with zero attached hydrogens (tertiary/aromatic N) is 1. The minimum atomic E-state index is -4.46. The summed E-state index contributed by atoms with van der Waals surface area (Å²) in [6.45, 7) is 7.01. The highest BCUT2D eigenvalue weighted by Gasteiger charge is 2.30. The molecular weight excluding hydrogens is 1120 g/mol. The van der Waals surface area contributed by atoms with Crippen molar-refractivity contribution in [2.45, 2.75) is 380 Å². The molecule has 89 heavy (non-hydrogen) atoms. The number of allylic oxidation sites excluding steroid dienone is 11. The largest absolute Gasteiger partial charge is 0.472 e. The topological polar surface area (TPSA) is 111 Å². The molecule has 0 heterocycles. The van der Waals surface area contributed by atoms with Crippen LogP contribution in [0.1, 0.15) is 367 Å². The number of amides is 1. The van der Waals surface area contributed by atoms with Crippen LogP contribution in [0.4, 0.5) is 0 Å². The first-order valence-corrected chi connectivity index (χ1v) is 39.8. The van der Waals surface area contributed by atoms with E-state index in [-0.39, 0.29) is 31.5 Å². The molecule has 0 aromatic heterocycles. The zero-order valence-electron chi connectivity index (χ0n) is 59.7. The summed E-state index contributed by atoms with van der Waals surface area (Å²) in [7, 11) is 1.50. The average molecular weight is 1270 g/mol. The van der Waals surface area contributed by atoms with Crippen molar-refractivity contribution in [1.82, 2.24) is 5.32 Å². The van der Waals surface area contributed by atoms with Crippen LogP contribution in [-0.2, 0) is 27.9 Å². The number of esters is 1. The highest BCUT2D eigenvalue weighted by atomic mass is 31.2. The molecule has 0 bridgehead atoms. The van der Waals surface area contributed by atoms with Crippen LogP contribution in [0.5, 0.6) is 0 Å². The fraction of sp³-hybridized carbons (Fsp3) is 0.823. The molecule has 0 radical (unpaired) electrons. The standard InChI is InChI=1S/C79H147N2O7P/c1-7-10-13-16-19-22-25-28-30-32-34-36-38-39-40-41-43-44-46-48-50-53-56-59-62-65-68-71-78(82)80-76(75-87-89(84,85)86-74-73-81(4,5)6)77(70-67-64-61-58-55-52-27-24-21-18-15-12-9-3)88-79(83)72-69-66-63-60-57-54-51-49-47-45-42-37-35-33-31-29-26-23-20-17-14-11-8-2/h19-20,22-23,28-31,35,37,67,70,76-77H,7-18,21,24-27,32-34,36,38-66,68-69,71-75H2,1-6H3,(H-,80,82,84,85)/p+1/b22-19-,23-20-,30-28-,31-29-,37-35-,70-67-. The van der Waals surface area contributed by atoms with Crippen LogP contribution < -0.4 is 5.32 Å². The number of quaternary nitrogens is 1. The van der Waals surface area contributed by atoms with Crippen molar-refractivity contribution in [1.29, 1.82) is 0 Å². The molecule has 9 nitrogen and oxygen atoms in total. The van der Waals surface area contributed by atoms with Gasteiger partial charge in [0.05, 0.1) is 33.8 Å². The van der Waals surface area contributed by atoms with Gasteiger partial charge in [0.1, 0.15) is 19.3 Å². The van der Waals surface area contributed by atoms with Crippen LogP contribution in [0.3, 0.4) is 0 Å². The van der Waals surface area contributed by atoms with Gasteiger partial charge in [0.25, 0.3) is 0 Å². The van der Waals surface area contributed by atoms with Crippen LogP contribution in [0, 0.1) is 0 Å². The maximum absolute atomic E-state index is 13.7. The number of unbranched alkanes of at least 4 members (excludes halogenated alkanes) is 44. The number of nitrogens with one attached hydrogen (secondary N) is 1. The summed E-state index contributed by atoms with van der Waals surface area (Å²) in [5.74, 6) is -0.495. The van der Waals surface area contributed by atoms with Crippen molar-refractivity contribution in [3.8, 4) is 0 Å². The van der Waals surface area contributed by atoms with Crippen molar-refractivity contribution >= 4 is 19.7 Å². The minimum Gasteiger partial charge on any atom is -0.456 e. The summed E-state index contributed by atoms with van der Waals surface area (Å²) < 4.78 is 30.9. The zero-order chi connectivity index (χ0) is 64.9. The number of carbonyl (C=O) groups excluding carboxylic acids is 2. The van der Waals surface area contributed by atoms with Crippen LogP contribution >= 0.6 is 7.82 Å². The lowest BCUT2D eigenvalue weighted by atomic mass is 10.0. The van der Waals surface area contributed by atoms with Gasteiger partial charge in [-0.1, -0.05) is 325 Å². The number of rotatable bonds is 70. The van der Waals surface area contributed by atoms with Gasteiger partial charge in [-0.2, -0.15) is 0 Å². The van der Waals surface area contributed by atoms with E-state index in [1.807, 2.05) is 33.3 Å². The Morgan fingerprint density at radius 2 is 0.685 bits per heavy atom. The average Bonchev–Trinajstić information content (AvgIpc) is 3.57. The van der Waals surface area contributed by atoms with Gasteiger partial charge in [-0.15, -0.1) is 0 Å². The predicted octanol–water partition coefficient (Wildman–Crippen LogP) is 24.7. The molecule has 3 atom stereocenters. The molecule has 0 aromatic carbocycles. The molecule has 3 unspecified atom stereocenters. The van der Waals surface area contributed by atoms with E-state index in [0.29, 0.717) is 17.4 Å². The molecule has 0 aliphatic carbocycles. The van der Waals surface area contributed by atoms with Gasteiger partial charge in [-0.25, -0.2) is 4.57 Å². The molecule has 520 valence electrons. The van der Waals surface area contributed by atoms with E-state index >= 15 is 0 Å². The van der Waals surface area contributed by atoms with E-state index in [2.05, 4.69) is 86.8 Å². The van der Waals surface area contributed by atoms with Crippen LogP contribution in [0.15, 0.2) is 72.9 Å². The molecule has 0 rings (SSSR count). The maximum atomic E-state index is 13.7. The zero-order valence-corrected chi connectivity index (χ0v) is 60.6. The maximum Gasteiger partial charge on any atom is 0.472 e. The Hall–Kier alpha value is -2.55. The van der Waals surface area contributed by atoms with Crippen molar-refractivity contribution in [3.05, 3.63) is 72.9 Å². The van der Waals surface area contributed by atoms with Gasteiger partial charge >= 0.3 is 13.8 Å². The van der Waals surface area contributed by atoms with E-state index in [0.717, 1.165) is 77.0 Å². The lowest BCUT2D eigenvalue weighted by molar-refractivity contribution is -0.870. The molecule has 1 amide bonds. The molecule has 0 spiro atoms. The Morgan fingerprint density at radius 3 is 1.04 bits per heavy atom. The number of hydrogen-bond donors (Lipinski definition) is 2. The summed E-state index contributed by atoms with van der Waals surface area (Å²) in [6, 6.07) is -0.853. The normalized spacial score (nSPS) is 13.8. The van der Waals surface area contributed by atoms with Gasteiger partial charge in [0.15, 0.2) is 0 Å². The molecule has 0 fully saturated rings. The third-order valence-corrected chi connectivity index (χ3v) is 18.1. The van der Waals surface area contributed by atoms with E-state index in [1.165, 1.54) is 257 Å². The van der Waals surface area contributed by atoms with Crippen molar-refractivity contribution in [2.75, 3.05) is 40.9 Å². The molecule has 0 saturated carbocycles. The van der Waals surface area contributed by atoms with Crippen LogP contribution in [-0.4, -0.2) is 74.3 Å². The summed E-state index contributed by atoms with van der Waals surface area (Å²) in [4.78, 5) is 38.0. The first-order chi connectivity index (χ1) is 43.4. The van der Waals surface area contributed by atoms with Crippen LogP contribution in [0.2, 0.25) is 0 Å². The third kappa shape index (κ3) is 69.6. The summed E-state index contributed by atoms with van der Waals surface area (Å²) in [5, 5.41) is 3.08. The first kappa shape index (κ1) is 86.5. The molecule has 0 saturated heterocycles. The SMILES string of the molecule is CCCCC/C=C\C/C=C\C/C=C\CCCCCCCCCCCCC(=O)OC(/C=C\CCCCCCCCCCCCC)C(COP(=O)(O)OCC[N+](C)(C)C)NC(=O)CCCCCCCCCCCCCCCCCCC/C=C\C/C=C\CCCCC. The van der Waals surface area contributed by atoms with Gasteiger partial charge < -0.3 is 19.4 Å². The second kappa shape index (κ2) is 68.3. The van der Waals surface area contributed by atoms with Crippen molar-refractivity contribution in [3.63, 3.8) is 0 Å². The molecule has 0 aliphatic heterocycles. The van der Waals surface area contributed by atoms with Gasteiger partial charge in [0.2, 0.25) is 5.91 Å². The third-order valence-electron chi connectivity index (χ3n) is 17.1. The van der Waals surface area contributed by atoms with E-state index in [1.54, 1.807) is 0 Å². The highest BCUT2D eigenvalue weighted by molar-refractivity contribution is 7.47. The molecule has 0 aromatic rings. The quantitative estimate of drug-likeness (QED) is 0.0205. The molecule has 0 aliphatic rings. The summed E-state index contributed by atoms with van der Waals surface area (Å²) in [6.07, 6.45) is 90.6. The van der Waals surface area contributed by atoms with E-state index < -0.39 is 20.0 Å². The Labute approximate surface area is 553 Å². The van der Waals surface area contributed by atoms with Crippen LogP contribution in [0.25, 0.3) is 0 Å². The lowest BCUT2D eigenvalue weighted by Crippen LogP contribution is -2.47. The fourth-order valence-electron chi connectivity index (χ4n) is 11.2. The number of hydrogen-bond acceptors (Lipinski definition) is 6. The predicted molar refractivity (Wildman–Crippen MR) is 388 cm³/mol. The fourth-order valence-corrected chi connectivity index (χ4v) is 12.0. The molecular formula is C79H148N2O7P+. The van der Waals surface area contributed by atoms with E-state index in [4.69, 9.17) is 13.8 Å². The van der Waals surface area contributed by atoms with Crippen molar-refractivity contribution in [2.24, 2.45) is 0 Å². The Bertz CT molecular complexity index is 1750. The highest BCUT2D eigenvalue weighted by Crippen LogP contribution is 2.43.